The average molecular weight is 618 g/mol. The van der Waals surface area contributed by atoms with Gasteiger partial charge in [0.15, 0.2) is 18.1 Å². The van der Waals surface area contributed by atoms with Crippen LogP contribution in [0.3, 0.4) is 0 Å². The summed E-state index contributed by atoms with van der Waals surface area (Å²) in [5.41, 5.74) is 0.860. The average Bonchev–Trinajstić information content (AvgIpc) is 3.24. The number of hydrogen-bond acceptors (Lipinski definition) is 10. The monoisotopic (exact) mass is 617 g/mol. The van der Waals surface area contributed by atoms with E-state index in [9.17, 15) is 24.0 Å². The summed E-state index contributed by atoms with van der Waals surface area (Å²) in [4.78, 5) is 65.2. The predicted molar refractivity (Wildman–Crippen MR) is 155 cm³/mol. The Labute approximate surface area is 250 Å². The highest BCUT2D eigenvalue weighted by Gasteiger charge is 2.36. The summed E-state index contributed by atoms with van der Waals surface area (Å²) in [6, 6.07) is 9.13. The predicted octanol–water partition coefficient (Wildman–Crippen LogP) is 3.44. The maximum atomic E-state index is 13.0. The number of carbonyl (C=O) groups excluding carboxylic acids is 5. The van der Waals surface area contributed by atoms with Crippen LogP contribution in [0.4, 0.5) is 10.5 Å². The Morgan fingerprint density at radius 2 is 1.86 bits per heavy atom. The van der Waals surface area contributed by atoms with E-state index in [0.717, 1.165) is 4.90 Å². The Kier molecular flexibility index (Phi) is 10.4. The van der Waals surface area contributed by atoms with E-state index in [2.05, 4.69) is 5.32 Å². The fourth-order valence-corrected chi connectivity index (χ4v) is 5.07. The molecular weight excluding hydrogens is 590 g/mol. The second kappa shape index (κ2) is 14.2. The van der Waals surface area contributed by atoms with Gasteiger partial charge in [0.1, 0.15) is 6.54 Å². The van der Waals surface area contributed by atoms with Crippen LogP contribution in [-0.2, 0) is 23.9 Å². The molecular formula is C28H28ClN3O9S. The minimum Gasteiger partial charge on any atom is -0.493 e. The van der Waals surface area contributed by atoms with Crippen molar-refractivity contribution in [2.24, 2.45) is 0 Å². The van der Waals surface area contributed by atoms with Gasteiger partial charge in [0.2, 0.25) is 5.91 Å². The molecule has 4 amide bonds. The van der Waals surface area contributed by atoms with Crippen molar-refractivity contribution in [2.75, 3.05) is 58.5 Å². The molecule has 2 aliphatic rings. The van der Waals surface area contributed by atoms with Gasteiger partial charge in [-0.05, 0) is 60.7 Å². The normalized spacial score (nSPS) is 16.0. The summed E-state index contributed by atoms with van der Waals surface area (Å²) >= 11 is 6.75. The molecule has 2 fully saturated rings. The number of benzene rings is 2. The van der Waals surface area contributed by atoms with Gasteiger partial charge in [-0.25, -0.2) is 4.79 Å². The number of nitrogens with zero attached hydrogens (tertiary/aromatic N) is 2. The zero-order valence-corrected chi connectivity index (χ0v) is 24.4. The van der Waals surface area contributed by atoms with Gasteiger partial charge < -0.3 is 29.2 Å². The molecule has 2 heterocycles. The topological polar surface area (TPSA) is 141 Å². The number of amides is 4. The molecule has 0 bridgehead atoms. The Bertz CT molecular complexity index is 1430. The van der Waals surface area contributed by atoms with Crippen LogP contribution in [0.5, 0.6) is 11.5 Å². The molecule has 0 unspecified atom stereocenters. The fraction of sp³-hybridized carbons (Fsp3) is 0.321. The maximum Gasteiger partial charge on any atom is 0.339 e. The number of morpholine rings is 1. The van der Waals surface area contributed by atoms with E-state index in [1.54, 1.807) is 30.0 Å². The number of anilines is 1. The highest BCUT2D eigenvalue weighted by atomic mass is 35.5. The van der Waals surface area contributed by atoms with Gasteiger partial charge in [0.05, 0.1) is 42.4 Å². The van der Waals surface area contributed by atoms with Crippen molar-refractivity contribution in [3.8, 4) is 11.5 Å². The van der Waals surface area contributed by atoms with Crippen LogP contribution in [-0.4, -0.2) is 91.9 Å². The number of carbonyl (C=O) groups is 5. The molecule has 1 N–H and O–H groups in total. The molecule has 12 nitrogen and oxygen atoms in total. The van der Waals surface area contributed by atoms with Crippen LogP contribution in [0.15, 0.2) is 41.3 Å². The molecule has 2 aromatic carbocycles. The number of esters is 1. The van der Waals surface area contributed by atoms with Crippen molar-refractivity contribution in [2.45, 2.75) is 6.92 Å². The summed E-state index contributed by atoms with van der Waals surface area (Å²) in [5, 5.41) is 2.10. The molecule has 222 valence electrons. The van der Waals surface area contributed by atoms with Crippen LogP contribution >= 0.6 is 23.4 Å². The van der Waals surface area contributed by atoms with Gasteiger partial charge in [-0.3, -0.25) is 24.1 Å². The minimum atomic E-state index is -0.648. The first-order valence-corrected chi connectivity index (χ1v) is 14.1. The van der Waals surface area contributed by atoms with Gasteiger partial charge >= 0.3 is 5.97 Å². The van der Waals surface area contributed by atoms with Crippen molar-refractivity contribution in [3.05, 3.63) is 57.5 Å². The molecule has 0 aromatic heterocycles. The second-order valence-electron chi connectivity index (χ2n) is 8.92. The molecule has 42 heavy (non-hydrogen) atoms. The molecule has 0 saturated carbocycles. The van der Waals surface area contributed by atoms with Crippen LogP contribution < -0.4 is 14.8 Å². The Morgan fingerprint density at radius 1 is 1.10 bits per heavy atom. The van der Waals surface area contributed by atoms with E-state index in [4.69, 9.17) is 30.5 Å². The second-order valence-corrected chi connectivity index (χ2v) is 10.3. The van der Waals surface area contributed by atoms with E-state index < -0.39 is 29.6 Å². The Balaban J connectivity index is 1.38. The summed E-state index contributed by atoms with van der Waals surface area (Å²) in [7, 11) is 1.44. The number of rotatable bonds is 10. The fourth-order valence-electron chi connectivity index (χ4n) is 4.04. The molecule has 2 aromatic rings. The Morgan fingerprint density at radius 3 is 2.57 bits per heavy atom. The first-order valence-electron chi connectivity index (χ1n) is 12.9. The van der Waals surface area contributed by atoms with Crippen LogP contribution in [0.25, 0.3) is 6.08 Å². The molecule has 0 spiro atoms. The SMILES string of the molecule is CCOC(=O)c1cc(NC(=O)CN2C(=O)S/C(=C\c3ccc(OCC(=O)N4CCOCC4)c(OC)c3)C2=O)ccc1Cl. The maximum absolute atomic E-state index is 13.0. The summed E-state index contributed by atoms with van der Waals surface area (Å²) in [6.45, 7) is 3.09. The lowest BCUT2D eigenvalue weighted by molar-refractivity contribution is -0.137. The number of hydrogen-bond donors (Lipinski definition) is 1. The minimum absolute atomic E-state index is 0.0703. The van der Waals surface area contributed by atoms with Crippen molar-refractivity contribution < 1.29 is 42.9 Å². The summed E-state index contributed by atoms with van der Waals surface area (Å²) in [6.07, 6.45) is 1.50. The largest absolute Gasteiger partial charge is 0.493 e. The third kappa shape index (κ3) is 7.60. The first-order chi connectivity index (χ1) is 20.2. The molecule has 4 rings (SSSR count). The van der Waals surface area contributed by atoms with Gasteiger partial charge in [0, 0.05) is 18.8 Å². The van der Waals surface area contributed by atoms with Crippen LogP contribution in [0.1, 0.15) is 22.8 Å². The number of halogens is 1. The lowest BCUT2D eigenvalue weighted by atomic mass is 10.2. The van der Waals surface area contributed by atoms with Crippen molar-refractivity contribution in [1.29, 1.82) is 0 Å². The lowest BCUT2D eigenvalue weighted by Crippen LogP contribution is -2.43. The van der Waals surface area contributed by atoms with Gasteiger partial charge in [-0.15, -0.1) is 0 Å². The molecule has 0 atom stereocenters. The standard InChI is InChI=1S/C28H28ClN3O9S/c1-3-40-27(36)19-14-18(5-6-20(19)29)30-24(33)15-32-26(35)23(42-28(32)37)13-17-4-7-21(22(12-17)38-2)41-16-25(34)31-8-10-39-11-9-31/h4-7,12-14H,3,8-11,15-16H2,1-2H3,(H,30,33)/b23-13-. The molecule has 0 radical (unpaired) electrons. The number of imide groups is 1. The van der Waals surface area contributed by atoms with E-state index in [0.29, 0.717) is 55.1 Å². The third-order valence-electron chi connectivity index (χ3n) is 6.12. The van der Waals surface area contributed by atoms with E-state index >= 15 is 0 Å². The first kappa shape index (κ1) is 30.9. The van der Waals surface area contributed by atoms with Crippen LogP contribution in [0, 0.1) is 0 Å². The van der Waals surface area contributed by atoms with E-state index in [1.807, 2.05) is 0 Å². The van der Waals surface area contributed by atoms with Gasteiger partial charge in [-0.2, -0.15) is 0 Å². The third-order valence-corrected chi connectivity index (χ3v) is 7.36. The molecule has 2 aliphatic heterocycles. The summed E-state index contributed by atoms with van der Waals surface area (Å²) < 4.78 is 21.3. The number of nitrogens with one attached hydrogen (secondary N) is 1. The van der Waals surface area contributed by atoms with Crippen molar-refractivity contribution >= 4 is 64.1 Å². The molecule has 14 heteroatoms. The number of methoxy groups -OCH3 is 1. The quantitative estimate of drug-likeness (QED) is 0.311. The van der Waals surface area contributed by atoms with Gasteiger partial charge in [0.25, 0.3) is 17.1 Å². The van der Waals surface area contributed by atoms with E-state index in [-0.39, 0.29) is 40.3 Å². The highest BCUT2D eigenvalue weighted by Crippen LogP contribution is 2.34. The van der Waals surface area contributed by atoms with Crippen molar-refractivity contribution in [1.82, 2.24) is 9.80 Å². The summed E-state index contributed by atoms with van der Waals surface area (Å²) in [5.74, 6) is -1.42. The smallest absolute Gasteiger partial charge is 0.339 e. The zero-order chi connectivity index (χ0) is 30.2. The number of ether oxygens (including phenoxy) is 4. The van der Waals surface area contributed by atoms with Crippen LogP contribution in [0.2, 0.25) is 5.02 Å². The zero-order valence-electron chi connectivity index (χ0n) is 22.8. The van der Waals surface area contributed by atoms with E-state index in [1.165, 1.54) is 31.4 Å². The number of thioether (sulfide) groups is 1. The molecule has 2 saturated heterocycles. The van der Waals surface area contributed by atoms with Gasteiger partial charge in [-0.1, -0.05) is 17.7 Å². The Hall–Kier alpha value is -4.07. The lowest BCUT2D eigenvalue weighted by Gasteiger charge is -2.26. The highest BCUT2D eigenvalue weighted by molar-refractivity contribution is 8.18. The molecule has 0 aliphatic carbocycles. The van der Waals surface area contributed by atoms with Crippen molar-refractivity contribution in [3.63, 3.8) is 0 Å².